The van der Waals surface area contributed by atoms with Gasteiger partial charge in [0, 0.05) is 6.07 Å². The standard InChI is InChI=1S/C10H8ClNO3/c1-14-9-4-8(11)6(5-12)3-7(9)10(13)15-2/h3-4H,1-2H3. The topological polar surface area (TPSA) is 59.3 Å². The lowest BCUT2D eigenvalue weighted by Gasteiger charge is -2.07. The molecule has 0 aliphatic carbocycles. The van der Waals surface area contributed by atoms with Gasteiger partial charge in [-0.2, -0.15) is 5.26 Å². The van der Waals surface area contributed by atoms with Crippen LogP contribution in [0.5, 0.6) is 5.75 Å². The lowest BCUT2D eigenvalue weighted by molar-refractivity contribution is 0.0597. The van der Waals surface area contributed by atoms with Crippen molar-refractivity contribution in [2.24, 2.45) is 0 Å². The molecule has 0 fully saturated rings. The van der Waals surface area contributed by atoms with E-state index >= 15 is 0 Å². The maximum absolute atomic E-state index is 11.3. The van der Waals surface area contributed by atoms with Crippen molar-refractivity contribution < 1.29 is 14.3 Å². The fourth-order valence-corrected chi connectivity index (χ4v) is 1.27. The van der Waals surface area contributed by atoms with Crippen molar-refractivity contribution in [3.8, 4) is 11.8 Å². The van der Waals surface area contributed by atoms with E-state index < -0.39 is 5.97 Å². The molecule has 0 aliphatic heterocycles. The van der Waals surface area contributed by atoms with Crippen LogP contribution < -0.4 is 4.74 Å². The molecule has 4 nitrogen and oxygen atoms in total. The van der Waals surface area contributed by atoms with Crippen LogP contribution in [0.25, 0.3) is 0 Å². The molecule has 0 amide bonds. The predicted molar refractivity (Wildman–Crippen MR) is 54.1 cm³/mol. The van der Waals surface area contributed by atoms with Gasteiger partial charge in [-0.05, 0) is 6.07 Å². The largest absolute Gasteiger partial charge is 0.496 e. The van der Waals surface area contributed by atoms with Crippen molar-refractivity contribution in [2.75, 3.05) is 14.2 Å². The van der Waals surface area contributed by atoms with Gasteiger partial charge in [0.25, 0.3) is 0 Å². The summed E-state index contributed by atoms with van der Waals surface area (Å²) in [7, 11) is 2.66. The van der Waals surface area contributed by atoms with E-state index in [0.29, 0.717) is 0 Å². The normalized spacial score (nSPS) is 9.20. The molecule has 0 aromatic heterocycles. The molecule has 1 rings (SSSR count). The predicted octanol–water partition coefficient (Wildman–Crippen LogP) is 2.01. The van der Waals surface area contributed by atoms with Crippen molar-refractivity contribution in [1.82, 2.24) is 0 Å². The number of nitriles is 1. The van der Waals surface area contributed by atoms with Crippen LogP contribution in [0.2, 0.25) is 5.02 Å². The zero-order chi connectivity index (χ0) is 11.4. The molecule has 1 aromatic rings. The fraction of sp³-hybridized carbons (Fsp3) is 0.200. The Labute approximate surface area is 92.0 Å². The zero-order valence-electron chi connectivity index (χ0n) is 8.20. The molecular formula is C10H8ClNO3. The van der Waals surface area contributed by atoms with E-state index in [1.54, 1.807) is 0 Å². The molecule has 0 heterocycles. The molecule has 0 atom stereocenters. The molecule has 0 radical (unpaired) electrons. The van der Waals surface area contributed by atoms with E-state index in [1.165, 1.54) is 26.4 Å². The molecule has 0 saturated carbocycles. The summed E-state index contributed by atoms with van der Waals surface area (Å²) in [6, 6.07) is 4.62. The quantitative estimate of drug-likeness (QED) is 0.723. The number of esters is 1. The van der Waals surface area contributed by atoms with Crippen LogP contribution in [0.15, 0.2) is 12.1 Å². The van der Waals surface area contributed by atoms with Crippen LogP contribution in [0.1, 0.15) is 15.9 Å². The summed E-state index contributed by atoms with van der Waals surface area (Å²) >= 11 is 5.77. The smallest absolute Gasteiger partial charge is 0.341 e. The molecule has 1 aromatic carbocycles. The number of rotatable bonds is 2. The summed E-state index contributed by atoms with van der Waals surface area (Å²) in [6.07, 6.45) is 0. The Bertz CT molecular complexity index is 437. The fourth-order valence-electron chi connectivity index (χ4n) is 1.08. The Balaban J connectivity index is 3.36. The first-order valence-electron chi connectivity index (χ1n) is 4.00. The number of hydrogen-bond acceptors (Lipinski definition) is 4. The molecule has 0 N–H and O–H groups in total. The van der Waals surface area contributed by atoms with Crippen molar-refractivity contribution in [3.63, 3.8) is 0 Å². The average Bonchev–Trinajstić information content (AvgIpc) is 2.27. The summed E-state index contributed by atoms with van der Waals surface area (Å²) in [4.78, 5) is 11.3. The van der Waals surface area contributed by atoms with Crippen LogP contribution in [0, 0.1) is 11.3 Å². The molecular weight excluding hydrogens is 218 g/mol. The lowest BCUT2D eigenvalue weighted by Crippen LogP contribution is -2.04. The molecule has 15 heavy (non-hydrogen) atoms. The Morgan fingerprint density at radius 2 is 2.13 bits per heavy atom. The van der Waals surface area contributed by atoms with Gasteiger partial charge in [-0.15, -0.1) is 0 Å². The second kappa shape index (κ2) is 4.67. The van der Waals surface area contributed by atoms with Gasteiger partial charge in [0.1, 0.15) is 17.4 Å². The summed E-state index contributed by atoms with van der Waals surface area (Å²) in [6.45, 7) is 0. The highest BCUT2D eigenvalue weighted by Crippen LogP contribution is 2.27. The minimum atomic E-state index is -0.569. The van der Waals surface area contributed by atoms with Gasteiger partial charge in [-0.1, -0.05) is 11.6 Å². The van der Waals surface area contributed by atoms with Gasteiger partial charge in [0.2, 0.25) is 0 Å². The number of hydrogen-bond donors (Lipinski definition) is 0. The maximum atomic E-state index is 11.3. The van der Waals surface area contributed by atoms with E-state index in [1.807, 2.05) is 6.07 Å². The number of carbonyl (C=O) groups excluding carboxylic acids is 1. The maximum Gasteiger partial charge on any atom is 0.341 e. The third-order valence-corrected chi connectivity index (χ3v) is 2.13. The molecule has 78 valence electrons. The molecule has 0 spiro atoms. The Morgan fingerprint density at radius 1 is 1.47 bits per heavy atom. The average molecular weight is 226 g/mol. The van der Waals surface area contributed by atoms with Crippen LogP contribution >= 0.6 is 11.6 Å². The highest BCUT2D eigenvalue weighted by Gasteiger charge is 2.15. The molecule has 0 aliphatic rings. The number of halogens is 1. The third kappa shape index (κ3) is 2.20. The second-order valence-electron chi connectivity index (χ2n) is 2.64. The molecule has 0 unspecified atom stereocenters. The SMILES string of the molecule is COC(=O)c1cc(C#N)c(Cl)cc1OC. The van der Waals surface area contributed by atoms with Crippen molar-refractivity contribution >= 4 is 17.6 Å². The van der Waals surface area contributed by atoms with Crippen LogP contribution in [-0.4, -0.2) is 20.2 Å². The third-order valence-electron chi connectivity index (χ3n) is 1.81. The van der Waals surface area contributed by atoms with Crippen molar-refractivity contribution in [1.29, 1.82) is 5.26 Å². The van der Waals surface area contributed by atoms with Gasteiger partial charge >= 0.3 is 5.97 Å². The highest BCUT2D eigenvalue weighted by molar-refractivity contribution is 6.32. The van der Waals surface area contributed by atoms with E-state index in [9.17, 15) is 4.79 Å². The van der Waals surface area contributed by atoms with Gasteiger partial charge in [0.15, 0.2) is 0 Å². The summed E-state index contributed by atoms with van der Waals surface area (Å²) in [5.74, 6) is -0.286. The number of benzene rings is 1. The summed E-state index contributed by atoms with van der Waals surface area (Å²) in [5.41, 5.74) is 0.388. The minimum absolute atomic E-state index is 0.181. The summed E-state index contributed by atoms with van der Waals surface area (Å²) in [5, 5.41) is 8.97. The second-order valence-corrected chi connectivity index (χ2v) is 3.04. The minimum Gasteiger partial charge on any atom is -0.496 e. The van der Waals surface area contributed by atoms with Crippen LogP contribution in [0.3, 0.4) is 0 Å². The first kappa shape index (κ1) is 11.3. The van der Waals surface area contributed by atoms with Crippen molar-refractivity contribution in [3.05, 3.63) is 28.3 Å². The van der Waals surface area contributed by atoms with Crippen molar-refractivity contribution in [2.45, 2.75) is 0 Å². The first-order valence-corrected chi connectivity index (χ1v) is 4.37. The van der Waals surface area contributed by atoms with E-state index in [0.717, 1.165) is 0 Å². The Kier molecular flexibility index (Phi) is 3.53. The summed E-state index contributed by atoms with van der Waals surface area (Å²) < 4.78 is 9.50. The highest BCUT2D eigenvalue weighted by atomic mass is 35.5. The monoisotopic (exact) mass is 225 g/mol. The first-order chi connectivity index (χ1) is 7.13. The number of methoxy groups -OCH3 is 2. The lowest BCUT2D eigenvalue weighted by atomic mass is 10.1. The van der Waals surface area contributed by atoms with Gasteiger partial charge in [-0.25, -0.2) is 4.79 Å². The molecule has 0 saturated heterocycles. The van der Waals surface area contributed by atoms with E-state index in [2.05, 4.69) is 4.74 Å². The van der Waals surface area contributed by atoms with Crippen LogP contribution in [0.4, 0.5) is 0 Å². The molecule has 0 bridgehead atoms. The number of carbonyl (C=O) groups is 1. The zero-order valence-corrected chi connectivity index (χ0v) is 8.96. The van der Waals surface area contributed by atoms with Gasteiger partial charge in [0.05, 0.1) is 24.8 Å². The number of nitrogens with zero attached hydrogens (tertiary/aromatic N) is 1. The van der Waals surface area contributed by atoms with Crippen LogP contribution in [-0.2, 0) is 4.74 Å². The van der Waals surface area contributed by atoms with E-state index in [-0.39, 0.29) is 21.9 Å². The Morgan fingerprint density at radius 3 is 2.60 bits per heavy atom. The Hall–Kier alpha value is -1.73. The molecule has 5 heteroatoms. The number of ether oxygens (including phenoxy) is 2. The van der Waals surface area contributed by atoms with Gasteiger partial charge in [-0.3, -0.25) is 0 Å². The van der Waals surface area contributed by atoms with Gasteiger partial charge < -0.3 is 9.47 Å². The van der Waals surface area contributed by atoms with E-state index in [4.69, 9.17) is 21.6 Å².